The van der Waals surface area contributed by atoms with E-state index >= 15 is 0 Å². The first-order valence-corrected chi connectivity index (χ1v) is 11.0. The maximum atomic E-state index is 13.4. The molecule has 1 aromatic heterocycles. The van der Waals surface area contributed by atoms with Crippen molar-refractivity contribution in [3.8, 4) is 17.6 Å². The van der Waals surface area contributed by atoms with Gasteiger partial charge >= 0.3 is 0 Å². The van der Waals surface area contributed by atoms with Crippen molar-refractivity contribution in [2.75, 3.05) is 0 Å². The molecule has 0 fully saturated rings. The number of nitrogens with two attached hydrogens (primary N) is 1. The fourth-order valence-corrected chi connectivity index (χ4v) is 4.39. The second kappa shape index (κ2) is 8.62. The molecule has 0 radical (unpaired) electrons. The van der Waals surface area contributed by atoms with Crippen LogP contribution in [0.5, 0.6) is 11.5 Å². The second-order valence-corrected chi connectivity index (χ2v) is 8.47. The lowest BCUT2D eigenvalue weighted by atomic mass is 9.83. The van der Waals surface area contributed by atoms with Crippen molar-refractivity contribution in [1.29, 1.82) is 5.26 Å². The Morgan fingerprint density at radius 1 is 1.09 bits per heavy atom. The zero-order valence-corrected chi connectivity index (χ0v) is 19.0. The minimum Gasteiger partial charge on any atom is -0.489 e. The van der Waals surface area contributed by atoms with Gasteiger partial charge in [-0.25, -0.2) is 0 Å². The molecule has 0 saturated heterocycles. The summed E-state index contributed by atoms with van der Waals surface area (Å²) in [7, 11) is 1.71. The van der Waals surface area contributed by atoms with Gasteiger partial charge in [0.25, 0.3) is 5.56 Å². The van der Waals surface area contributed by atoms with E-state index in [4.69, 9.17) is 26.8 Å². The molecule has 7 heteroatoms. The molecule has 1 aliphatic rings. The van der Waals surface area contributed by atoms with Crippen molar-refractivity contribution in [1.82, 2.24) is 4.57 Å². The van der Waals surface area contributed by atoms with Crippen LogP contribution in [0.1, 0.15) is 22.6 Å². The smallest absolute Gasteiger partial charge is 0.258 e. The van der Waals surface area contributed by atoms with Crippen LogP contribution in [0.15, 0.2) is 89.0 Å². The van der Waals surface area contributed by atoms with Gasteiger partial charge in [-0.2, -0.15) is 5.26 Å². The van der Waals surface area contributed by atoms with E-state index in [9.17, 15) is 10.1 Å². The molecular weight excluding hydrogens is 450 g/mol. The van der Waals surface area contributed by atoms with Crippen LogP contribution in [0, 0.1) is 11.3 Å². The minimum absolute atomic E-state index is 0.00136. The first kappa shape index (κ1) is 21.6. The molecule has 0 amide bonds. The molecule has 34 heavy (non-hydrogen) atoms. The molecule has 1 aliphatic heterocycles. The highest BCUT2D eigenvalue weighted by Gasteiger charge is 2.35. The van der Waals surface area contributed by atoms with Crippen LogP contribution in [0.2, 0.25) is 5.02 Å². The van der Waals surface area contributed by atoms with E-state index in [1.165, 1.54) is 0 Å². The number of benzene rings is 3. The molecule has 4 aromatic rings. The van der Waals surface area contributed by atoms with Crippen LogP contribution in [-0.4, -0.2) is 4.57 Å². The largest absolute Gasteiger partial charge is 0.489 e. The Morgan fingerprint density at radius 3 is 2.50 bits per heavy atom. The Bertz CT molecular complexity index is 1530. The van der Waals surface area contributed by atoms with Gasteiger partial charge in [-0.15, -0.1) is 0 Å². The number of hydrogen-bond donors (Lipinski definition) is 1. The van der Waals surface area contributed by atoms with Gasteiger partial charge in [-0.05, 0) is 47.5 Å². The van der Waals surface area contributed by atoms with Crippen LogP contribution < -0.4 is 20.8 Å². The molecule has 0 spiro atoms. The fourth-order valence-electron chi connectivity index (χ4n) is 4.26. The number of aromatic nitrogens is 1. The first-order valence-electron chi connectivity index (χ1n) is 10.6. The maximum absolute atomic E-state index is 13.4. The van der Waals surface area contributed by atoms with E-state index in [0.717, 1.165) is 22.0 Å². The maximum Gasteiger partial charge on any atom is 0.258 e. The number of pyridine rings is 1. The minimum atomic E-state index is -0.651. The van der Waals surface area contributed by atoms with E-state index < -0.39 is 5.92 Å². The molecular formula is C27H20ClN3O3. The molecule has 1 unspecified atom stereocenters. The zero-order valence-electron chi connectivity index (χ0n) is 18.3. The Balaban J connectivity index is 1.55. The van der Waals surface area contributed by atoms with Gasteiger partial charge < -0.3 is 19.8 Å². The Kier molecular flexibility index (Phi) is 5.48. The molecule has 0 saturated carbocycles. The molecule has 2 heterocycles. The third-order valence-corrected chi connectivity index (χ3v) is 6.25. The van der Waals surface area contributed by atoms with Crippen molar-refractivity contribution < 1.29 is 9.47 Å². The standard InChI is InChI=1S/C27H20ClN3O3/c1-31-22-5-3-2-4-20(22)25-24(27(31)32)23(21(14-29)26(30)34-25)17-8-12-19(13-9-17)33-15-16-6-10-18(28)11-7-16/h2-13,23H,15,30H2,1H3. The van der Waals surface area contributed by atoms with Crippen LogP contribution >= 0.6 is 11.6 Å². The zero-order chi connectivity index (χ0) is 23.8. The fraction of sp³-hybridized carbons (Fsp3) is 0.111. The predicted octanol–water partition coefficient (Wildman–Crippen LogP) is 4.99. The summed E-state index contributed by atoms with van der Waals surface area (Å²) in [6.45, 7) is 0.388. The van der Waals surface area contributed by atoms with E-state index in [1.54, 1.807) is 11.6 Å². The number of hydrogen-bond acceptors (Lipinski definition) is 5. The van der Waals surface area contributed by atoms with Gasteiger partial charge in [-0.1, -0.05) is 48.0 Å². The molecule has 1 atom stereocenters. The highest BCUT2D eigenvalue weighted by molar-refractivity contribution is 6.30. The van der Waals surface area contributed by atoms with Crippen molar-refractivity contribution in [2.24, 2.45) is 12.8 Å². The summed E-state index contributed by atoms with van der Waals surface area (Å²) in [5.41, 5.74) is 8.98. The summed E-state index contributed by atoms with van der Waals surface area (Å²) in [6.07, 6.45) is 0. The molecule has 3 aromatic carbocycles. The molecule has 5 rings (SSSR count). The van der Waals surface area contributed by atoms with Gasteiger partial charge in [0.2, 0.25) is 5.88 Å². The summed E-state index contributed by atoms with van der Waals surface area (Å²) in [5.74, 6) is 0.403. The average molecular weight is 470 g/mol. The topological polar surface area (TPSA) is 90.3 Å². The summed E-state index contributed by atoms with van der Waals surface area (Å²) < 4.78 is 13.3. The lowest BCUT2D eigenvalue weighted by Gasteiger charge is -2.27. The number of para-hydroxylation sites is 1. The number of rotatable bonds is 4. The SMILES string of the molecule is Cn1c(=O)c2c(c3ccccc31)OC(N)=C(C#N)C2c1ccc(OCc2ccc(Cl)cc2)cc1. The molecule has 6 nitrogen and oxygen atoms in total. The number of ether oxygens (including phenoxy) is 2. The summed E-state index contributed by atoms with van der Waals surface area (Å²) in [4.78, 5) is 13.4. The third-order valence-electron chi connectivity index (χ3n) is 6.00. The highest BCUT2D eigenvalue weighted by atomic mass is 35.5. The van der Waals surface area contributed by atoms with Crippen molar-refractivity contribution in [2.45, 2.75) is 12.5 Å². The van der Waals surface area contributed by atoms with Crippen molar-refractivity contribution in [3.63, 3.8) is 0 Å². The van der Waals surface area contributed by atoms with E-state index in [0.29, 0.717) is 28.7 Å². The monoisotopic (exact) mass is 469 g/mol. The lowest BCUT2D eigenvalue weighted by molar-refractivity contribution is 0.306. The molecule has 168 valence electrons. The Morgan fingerprint density at radius 2 is 1.79 bits per heavy atom. The second-order valence-electron chi connectivity index (χ2n) is 8.03. The number of aryl methyl sites for hydroxylation is 1. The van der Waals surface area contributed by atoms with Crippen LogP contribution in [0.3, 0.4) is 0 Å². The normalized spacial score (nSPS) is 14.9. The molecule has 0 bridgehead atoms. The van der Waals surface area contributed by atoms with E-state index in [-0.39, 0.29) is 17.0 Å². The highest BCUT2D eigenvalue weighted by Crippen LogP contribution is 2.43. The van der Waals surface area contributed by atoms with Crippen molar-refractivity contribution >= 4 is 22.5 Å². The number of fused-ring (bicyclic) bond motifs is 3. The number of nitrogens with zero attached hydrogens (tertiary/aromatic N) is 2. The predicted molar refractivity (Wildman–Crippen MR) is 131 cm³/mol. The average Bonchev–Trinajstić information content (AvgIpc) is 2.86. The Hall–Kier alpha value is -4.21. The Labute approximate surface area is 201 Å². The summed E-state index contributed by atoms with van der Waals surface area (Å²) in [5, 5.41) is 11.3. The number of allylic oxidation sites excluding steroid dienone is 1. The van der Waals surface area contributed by atoms with Gasteiger partial charge in [0, 0.05) is 17.5 Å². The number of halogens is 1. The van der Waals surface area contributed by atoms with Gasteiger partial charge in [0.15, 0.2) is 0 Å². The van der Waals surface area contributed by atoms with Crippen LogP contribution in [0.4, 0.5) is 0 Å². The summed E-state index contributed by atoms with van der Waals surface area (Å²) in [6, 6.07) is 24.4. The van der Waals surface area contributed by atoms with Gasteiger partial charge in [0.05, 0.1) is 17.0 Å². The van der Waals surface area contributed by atoms with Gasteiger partial charge in [0.1, 0.15) is 29.7 Å². The first-order chi connectivity index (χ1) is 16.5. The third kappa shape index (κ3) is 3.66. The van der Waals surface area contributed by atoms with E-state index in [2.05, 4.69) is 6.07 Å². The van der Waals surface area contributed by atoms with Crippen molar-refractivity contribution in [3.05, 3.63) is 116 Å². The number of nitriles is 1. The summed E-state index contributed by atoms with van der Waals surface area (Å²) >= 11 is 5.93. The van der Waals surface area contributed by atoms with Crippen LogP contribution in [-0.2, 0) is 13.7 Å². The van der Waals surface area contributed by atoms with Crippen LogP contribution in [0.25, 0.3) is 10.9 Å². The quantitative estimate of drug-likeness (QED) is 0.454. The molecule has 2 N–H and O–H groups in total. The molecule has 0 aliphatic carbocycles. The van der Waals surface area contributed by atoms with Gasteiger partial charge in [-0.3, -0.25) is 4.79 Å². The van der Waals surface area contributed by atoms with E-state index in [1.807, 2.05) is 72.8 Å². The lowest BCUT2D eigenvalue weighted by Crippen LogP contribution is -2.31.